The maximum Gasteiger partial charge on any atom is 0.0952 e. The number of hydrogen-bond acceptors (Lipinski definition) is 2. The molecule has 1 aromatic heterocycles. The molecule has 1 aromatic rings. The molecule has 0 aromatic carbocycles. The molecule has 94 valence electrons. The van der Waals surface area contributed by atoms with E-state index in [4.69, 9.17) is 5.26 Å². The maximum absolute atomic E-state index is 9.07. The van der Waals surface area contributed by atoms with Crippen LogP contribution in [0.15, 0.2) is 6.33 Å². The molecule has 1 heterocycles. The molecule has 2 rings (SSSR count). The van der Waals surface area contributed by atoms with Crippen LogP contribution in [0.3, 0.4) is 0 Å². The summed E-state index contributed by atoms with van der Waals surface area (Å²) in [5, 5.41) is 9.07. The second-order valence-corrected chi connectivity index (χ2v) is 4.89. The lowest BCUT2D eigenvalue weighted by Crippen LogP contribution is -2.12. The zero-order chi connectivity index (χ0) is 13.1. The summed E-state index contributed by atoms with van der Waals surface area (Å²) in [6.45, 7) is 11.2. The number of nitriles is 1. The topological polar surface area (TPSA) is 41.6 Å². The molecular weight excluding hydrogens is 210 g/mol. The van der Waals surface area contributed by atoms with Crippen molar-refractivity contribution in [3.05, 3.63) is 17.7 Å². The molecule has 1 aliphatic rings. The normalized spacial score (nSPS) is 16.1. The third-order valence-corrected chi connectivity index (χ3v) is 3.18. The standard InChI is InChI=1S/C12H17N3.C2H6/c1-9(2)11-10(3)14-8-15(11)7-12(6-13)4-5-12;1-2/h8-9H,4-5,7H2,1-3H3;1-2H3. The van der Waals surface area contributed by atoms with E-state index in [0.717, 1.165) is 25.1 Å². The smallest absolute Gasteiger partial charge is 0.0952 e. The first-order valence-electron chi connectivity index (χ1n) is 6.51. The SMILES string of the molecule is CC.Cc1ncn(CC2(C#N)CC2)c1C(C)C. The summed E-state index contributed by atoms with van der Waals surface area (Å²) in [4.78, 5) is 4.34. The van der Waals surface area contributed by atoms with E-state index in [1.807, 2.05) is 27.1 Å². The van der Waals surface area contributed by atoms with Crippen LogP contribution in [0.5, 0.6) is 0 Å². The van der Waals surface area contributed by atoms with Crippen molar-refractivity contribution in [3.63, 3.8) is 0 Å². The number of aryl methyl sites for hydroxylation is 1. The van der Waals surface area contributed by atoms with Gasteiger partial charge in [0.25, 0.3) is 0 Å². The van der Waals surface area contributed by atoms with E-state index in [0.29, 0.717) is 5.92 Å². The van der Waals surface area contributed by atoms with E-state index in [9.17, 15) is 0 Å². The molecule has 1 saturated carbocycles. The summed E-state index contributed by atoms with van der Waals surface area (Å²) in [6.07, 6.45) is 3.96. The minimum atomic E-state index is -0.0865. The fraction of sp³-hybridized carbons (Fsp3) is 0.714. The van der Waals surface area contributed by atoms with Crippen LogP contribution in [0, 0.1) is 23.7 Å². The van der Waals surface area contributed by atoms with Crippen molar-refractivity contribution in [1.29, 1.82) is 5.26 Å². The zero-order valence-corrected chi connectivity index (χ0v) is 11.6. The Morgan fingerprint density at radius 2 is 2.06 bits per heavy atom. The highest BCUT2D eigenvalue weighted by Gasteiger charge is 2.43. The molecule has 3 heteroatoms. The number of aromatic nitrogens is 2. The van der Waals surface area contributed by atoms with Gasteiger partial charge in [-0.25, -0.2) is 4.98 Å². The first-order chi connectivity index (χ1) is 8.08. The fourth-order valence-corrected chi connectivity index (χ4v) is 2.15. The minimum absolute atomic E-state index is 0.0865. The highest BCUT2D eigenvalue weighted by molar-refractivity contribution is 5.18. The summed E-state index contributed by atoms with van der Waals surface area (Å²) >= 11 is 0. The van der Waals surface area contributed by atoms with E-state index in [2.05, 4.69) is 29.5 Å². The second-order valence-electron chi connectivity index (χ2n) is 4.89. The quantitative estimate of drug-likeness (QED) is 0.799. The molecule has 0 atom stereocenters. The minimum Gasteiger partial charge on any atom is -0.332 e. The monoisotopic (exact) mass is 233 g/mol. The third kappa shape index (κ3) is 2.88. The molecule has 17 heavy (non-hydrogen) atoms. The van der Waals surface area contributed by atoms with E-state index in [-0.39, 0.29) is 5.41 Å². The van der Waals surface area contributed by atoms with Crippen molar-refractivity contribution in [1.82, 2.24) is 9.55 Å². The number of rotatable bonds is 3. The number of imidazole rings is 1. The Hall–Kier alpha value is -1.30. The van der Waals surface area contributed by atoms with Crippen molar-refractivity contribution < 1.29 is 0 Å². The molecule has 0 radical (unpaired) electrons. The van der Waals surface area contributed by atoms with E-state index in [1.54, 1.807) is 0 Å². The van der Waals surface area contributed by atoms with Crippen LogP contribution >= 0.6 is 0 Å². The molecule has 0 amide bonds. The molecular formula is C14H23N3. The Kier molecular flexibility index (Phi) is 4.34. The van der Waals surface area contributed by atoms with Gasteiger partial charge in [0.2, 0.25) is 0 Å². The van der Waals surface area contributed by atoms with Gasteiger partial charge in [0.05, 0.1) is 23.5 Å². The van der Waals surface area contributed by atoms with E-state index >= 15 is 0 Å². The Morgan fingerprint density at radius 3 is 2.47 bits per heavy atom. The Morgan fingerprint density at radius 1 is 1.47 bits per heavy atom. The first kappa shape index (κ1) is 13.8. The number of hydrogen-bond donors (Lipinski definition) is 0. The van der Waals surface area contributed by atoms with E-state index in [1.165, 1.54) is 5.69 Å². The van der Waals surface area contributed by atoms with Crippen molar-refractivity contribution in [2.75, 3.05) is 0 Å². The maximum atomic E-state index is 9.07. The van der Waals surface area contributed by atoms with Gasteiger partial charge < -0.3 is 4.57 Å². The van der Waals surface area contributed by atoms with Gasteiger partial charge in [-0.3, -0.25) is 0 Å². The van der Waals surface area contributed by atoms with Crippen LogP contribution < -0.4 is 0 Å². The second kappa shape index (κ2) is 5.35. The Balaban J connectivity index is 0.000000686. The van der Waals surface area contributed by atoms with Gasteiger partial charge in [0.1, 0.15) is 0 Å². The molecule has 0 spiro atoms. The molecule has 0 aliphatic heterocycles. The van der Waals surface area contributed by atoms with Crippen molar-refractivity contribution in [2.24, 2.45) is 5.41 Å². The predicted molar refractivity (Wildman–Crippen MR) is 69.7 cm³/mol. The molecule has 0 bridgehead atoms. The lowest BCUT2D eigenvalue weighted by atomic mass is 10.1. The summed E-state index contributed by atoms with van der Waals surface area (Å²) in [7, 11) is 0. The van der Waals surface area contributed by atoms with Crippen LogP contribution in [-0.2, 0) is 6.54 Å². The van der Waals surface area contributed by atoms with Crippen LogP contribution in [0.1, 0.15) is 57.8 Å². The first-order valence-corrected chi connectivity index (χ1v) is 6.51. The van der Waals surface area contributed by atoms with Crippen molar-refractivity contribution in [3.8, 4) is 6.07 Å². The third-order valence-electron chi connectivity index (χ3n) is 3.18. The largest absolute Gasteiger partial charge is 0.332 e. The van der Waals surface area contributed by atoms with Crippen molar-refractivity contribution >= 4 is 0 Å². The Bertz CT molecular complexity index is 406. The molecule has 3 nitrogen and oxygen atoms in total. The molecule has 0 N–H and O–H groups in total. The highest BCUT2D eigenvalue weighted by atomic mass is 15.1. The fourth-order valence-electron chi connectivity index (χ4n) is 2.15. The predicted octanol–water partition coefficient (Wildman–Crippen LogP) is 3.64. The molecule has 1 fully saturated rings. The molecule has 0 saturated heterocycles. The van der Waals surface area contributed by atoms with Gasteiger partial charge in [-0.2, -0.15) is 5.26 Å². The van der Waals surface area contributed by atoms with Gasteiger partial charge in [0, 0.05) is 12.2 Å². The van der Waals surface area contributed by atoms with Gasteiger partial charge in [-0.1, -0.05) is 27.7 Å². The van der Waals surface area contributed by atoms with E-state index < -0.39 is 0 Å². The summed E-state index contributed by atoms with van der Waals surface area (Å²) < 4.78 is 2.16. The Labute approximate surface area is 104 Å². The average Bonchev–Trinajstić information content (AvgIpc) is 2.99. The average molecular weight is 233 g/mol. The lowest BCUT2D eigenvalue weighted by Gasteiger charge is -2.14. The van der Waals surface area contributed by atoms with Gasteiger partial charge in [-0.15, -0.1) is 0 Å². The van der Waals surface area contributed by atoms with Crippen LogP contribution in [0.2, 0.25) is 0 Å². The van der Waals surface area contributed by atoms with Gasteiger partial charge in [0.15, 0.2) is 0 Å². The molecule has 0 unspecified atom stereocenters. The lowest BCUT2D eigenvalue weighted by molar-refractivity contribution is 0.505. The summed E-state index contributed by atoms with van der Waals surface area (Å²) in [5.74, 6) is 0.474. The van der Waals surface area contributed by atoms with Crippen LogP contribution in [0.25, 0.3) is 0 Å². The highest BCUT2D eigenvalue weighted by Crippen LogP contribution is 2.46. The summed E-state index contributed by atoms with van der Waals surface area (Å²) in [6, 6.07) is 2.43. The summed E-state index contributed by atoms with van der Waals surface area (Å²) in [5.41, 5.74) is 2.28. The van der Waals surface area contributed by atoms with Crippen LogP contribution in [0.4, 0.5) is 0 Å². The van der Waals surface area contributed by atoms with Gasteiger partial charge in [-0.05, 0) is 25.7 Å². The molecule has 1 aliphatic carbocycles. The van der Waals surface area contributed by atoms with Gasteiger partial charge >= 0.3 is 0 Å². The zero-order valence-electron chi connectivity index (χ0n) is 11.6. The van der Waals surface area contributed by atoms with Crippen molar-refractivity contribution in [2.45, 2.75) is 59.9 Å². The van der Waals surface area contributed by atoms with Crippen LogP contribution in [-0.4, -0.2) is 9.55 Å². The number of nitrogens with zero attached hydrogens (tertiary/aromatic N) is 3.